The van der Waals surface area contributed by atoms with E-state index in [-0.39, 0.29) is 33.8 Å². The molecule has 3 aromatic rings. The monoisotopic (exact) mass is 488 g/mol. The van der Waals surface area contributed by atoms with Gasteiger partial charge in [-0.3, -0.25) is 9.59 Å². The highest BCUT2D eigenvalue weighted by atomic mass is 16.6. The Hall–Kier alpha value is -3.64. The topological polar surface area (TPSA) is 176 Å². The number of phenols is 2. The van der Waals surface area contributed by atoms with Crippen LogP contribution < -0.4 is 10.2 Å². The van der Waals surface area contributed by atoms with Gasteiger partial charge in [-0.05, 0) is 24.3 Å². The summed E-state index contributed by atoms with van der Waals surface area (Å²) in [6.45, 7) is 0.423. The second kappa shape index (κ2) is 9.55. The molecule has 0 bridgehead atoms. The number of phenolic OH excluding ortho intramolecular Hbond substituents is 2. The number of fused-ring (bicyclic) bond motifs is 1. The van der Waals surface area contributed by atoms with Gasteiger partial charge in [0.2, 0.25) is 0 Å². The maximum Gasteiger partial charge on any atom is 0.303 e. The van der Waals surface area contributed by atoms with Crippen LogP contribution in [0.5, 0.6) is 17.2 Å². The molecule has 11 nitrogen and oxygen atoms in total. The van der Waals surface area contributed by atoms with E-state index in [1.54, 1.807) is 0 Å². The van der Waals surface area contributed by atoms with Crippen LogP contribution in [0.1, 0.15) is 18.6 Å². The molecule has 2 aromatic carbocycles. The van der Waals surface area contributed by atoms with E-state index < -0.39 is 54.3 Å². The van der Waals surface area contributed by atoms with E-state index in [1.165, 1.54) is 31.4 Å². The summed E-state index contributed by atoms with van der Waals surface area (Å²) in [5, 5.41) is 50.6. The van der Waals surface area contributed by atoms with Crippen LogP contribution >= 0.6 is 0 Å². The summed E-state index contributed by atoms with van der Waals surface area (Å²) < 4.78 is 22.5. The molecule has 0 amide bonds. The van der Waals surface area contributed by atoms with E-state index in [1.807, 2.05) is 0 Å². The van der Waals surface area contributed by atoms with Crippen LogP contribution in [0, 0.1) is 0 Å². The molecule has 0 aliphatic carbocycles. The fourth-order valence-electron chi connectivity index (χ4n) is 4.16. The molecular weight excluding hydrogens is 464 g/mol. The molecule has 0 unspecified atom stereocenters. The number of methoxy groups -OCH3 is 1. The lowest BCUT2D eigenvalue weighted by Gasteiger charge is -2.42. The summed E-state index contributed by atoms with van der Waals surface area (Å²) >= 11 is 0. The standard InChI is InChI=1S/C24H24O11/c1-10(26)33-24-21(31)20(30)17(9-25)35-23(24)19-16(32-2)8-14(29)18-13(28)7-15(34-22(18)19)11-3-5-12(27)6-4-11/h3-8,17,20-21,23-25,27,29-31H,9H2,1-2H3/t17-,20-,21+,23+,24-/m1/s1. The van der Waals surface area contributed by atoms with E-state index in [9.17, 15) is 35.1 Å². The van der Waals surface area contributed by atoms with Crippen LogP contribution in [-0.4, -0.2) is 69.6 Å². The maximum atomic E-state index is 13.0. The highest BCUT2D eigenvalue weighted by Gasteiger charge is 2.48. The zero-order chi connectivity index (χ0) is 25.4. The molecular formula is C24H24O11. The number of carbonyl (C=O) groups excluding carboxylic acids is 1. The third-order valence-electron chi connectivity index (χ3n) is 5.81. The van der Waals surface area contributed by atoms with E-state index in [2.05, 4.69) is 0 Å². The lowest BCUT2D eigenvalue weighted by molar-refractivity contribution is -0.240. The molecule has 1 aliphatic rings. The average molecular weight is 488 g/mol. The summed E-state index contributed by atoms with van der Waals surface area (Å²) in [7, 11) is 1.28. The number of carbonyl (C=O) groups is 1. The van der Waals surface area contributed by atoms with Gasteiger partial charge >= 0.3 is 5.97 Å². The lowest BCUT2D eigenvalue weighted by atomic mass is 9.89. The smallest absolute Gasteiger partial charge is 0.303 e. The molecule has 35 heavy (non-hydrogen) atoms. The first-order valence-electron chi connectivity index (χ1n) is 10.6. The van der Waals surface area contributed by atoms with Crippen LogP contribution in [-0.2, 0) is 14.3 Å². The van der Waals surface area contributed by atoms with Crippen LogP contribution in [0.2, 0.25) is 0 Å². The number of aromatic hydroxyl groups is 2. The molecule has 4 rings (SSSR count). The van der Waals surface area contributed by atoms with Gasteiger partial charge in [0.1, 0.15) is 52.8 Å². The van der Waals surface area contributed by atoms with Gasteiger partial charge in [-0.25, -0.2) is 0 Å². The van der Waals surface area contributed by atoms with Gasteiger partial charge in [-0.1, -0.05) is 0 Å². The van der Waals surface area contributed by atoms with Gasteiger partial charge in [0.15, 0.2) is 17.1 Å². The summed E-state index contributed by atoms with van der Waals surface area (Å²) in [4.78, 5) is 24.8. The predicted molar refractivity (Wildman–Crippen MR) is 120 cm³/mol. The fourth-order valence-corrected chi connectivity index (χ4v) is 4.16. The number of hydrogen-bond donors (Lipinski definition) is 5. The molecule has 0 radical (unpaired) electrons. The maximum absolute atomic E-state index is 13.0. The Bertz CT molecular complexity index is 1300. The third kappa shape index (κ3) is 4.42. The summed E-state index contributed by atoms with van der Waals surface area (Å²) in [6, 6.07) is 8.13. The van der Waals surface area contributed by atoms with Crippen molar-refractivity contribution in [1.29, 1.82) is 0 Å². The minimum absolute atomic E-state index is 0.000640. The Kier molecular flexibility index (Phi) is 6.68. The minimum Gasteiger partial charge on any atom is -0.508 e. The minimum atomic E-state index is -1.67. The molecule has 11 heteroatoms. The van der Waals surface area contributed by atoms with Gasteiger partial charge in [0, 0.05) is 24.6 Å². The normalized spacial score (nSPS) is 24.3. The first kappa shape index (κ1) is 24.5. The first-order valence-corrected chi connectivity index (χ1v) is 10.6. The van der Waals surface area contributed by atoms with Crippen molar-refractivity contribution < 1.29 is 49.0 Å². The largest absolute Gasteiger partial charge is 0.508 e. The second-order valence-electron chi connectivity index (χ2n) is 8.07. The highest BCUT2D eigenvalue weighted by molar-refractivity contribution is 5.89. The Balaban J connectivity index is 2.01. The quantitative estimate of drug-likeness (QED) is 0.323. The van der Waals surface area contributed by atoms with Crippen LogP contribution in [0.25, 0.3) is 22.3 Å². The molecule has 0 spiro atoms. The van der Waals surface area contributed by atoms with Crippen LogP contribution in [0.3, 0.4) is 0 Å². The molecule has 1 aliphatic heterocycles. The van der Waals surface area contributed by atoms with E-state index in [0.29, 0.717) is 5.56 Å². The summed E-state index contributed by atoms with van der Waals surface area (Å²) in [6.07, 6.45) is -7.38. The Morgan fingerprint density at radius 2 is 1.77 bits per heavy atom. The second-order valence-corrected chi connectivity index (χ2v) is 8.07. The summed E-state index contributed by atoms with van der Waals surface area (Å²) in [5.41, 5.74) is -0.358. The molecule has 1 saturated heterocycles. The van der Waals surface area contributed by atoms with E-state index in [4.69, 9.17) is 18.6 Å². The highest BCUT2D eigenvalue weighted by Crippen LogP contribution is 2.45. The number of rotatable bonds is 5. The molecule has 5 atom stereocenters. The zero-order valence-electron chi connectivity index (χ0n) is 18.7. The van der Waals surface area contributed by atoms with Crippen molar-refractivity contribution in [3.63, 3.8) is 0 Å². The average Bonchev–Trinajstić information content (AvgIpc) is 2.82. The lowest BCUT2D eigenvalue weighted by Crippen LogP contribution is -2.56. The predicted octanol–water partition coefficient (Wildman–Crippen LogP) is 0.965. The Morgan fingerprint density at radius 1 is 1.09 bits per heavy atom. The molecule has 2 heterocycles. The molecule has 0 saturated carbocycles. The van der Waals surface area contributed by atoms with Gasteiger partial charge in [-0.2, -0.15) is 0 Å². The first-order chi connectivity index (χ1) is 16.7. The Labute approximate surface area is 198 Å². The van der Waals surface area contributed by atoms with Crippen molar-refractivity contribution >= 4 is 16.9 Å². The van der Waals surface area contributed by atoms with Crippen molar-refractivity contribution in [3.05, 3.63) is 52.2 Å². The molecule has 186 valence electrons. The number of aliphatic hydroxyl groups excluding tert-OH is 3. The van der Waals surface area contributed by atoms with Crippen LogP contribution in [0.4, 0.5) is 0 Å². The zero-order valence-corrected chi connectivity index (χ0v) is 18.7. The molecule has 5 N–H and O–H groups in total. The molecule has 1 aromatic heterocycles. The SMILES string of the molecule is COc1cc(O)c2c(=O)cc(-c3ccc(O)cc3)oc2c1[C@@H]1O[C@H](CO)[C@@H](O)[C@H](O)[C@H]1OC(C)=O. The van der Waals surface area contributed by atoms with Gasteiger partial charge in [-0.15, -0.1) is 0 Å². The number of aliphatic hydroxyl groups is 3. The fraction of sp³-hybridized carbons (Fsp3) is 0.333. The molecule has 1 fully saturated rings. The summed E-state index contributed by atoms with van der Waals surface area (Å²) in [5.74, 6) is -1.19. The van der Waals surface area contributed by atoms with Crippen molar-refractivity contribution in [2.24, 2.45) is 0 Å². The van der Waals surface area contributed by atoms with E-state index >= 15 is 0 Å². The van der Waals surface area contributed by atoms with Crippen molar-refractivity contribution in [1.82, 2.24) is 0 Å². The van der Waals surface area contributed by atoms with Gasteiger partial charge in [0.25, 0.3) is 0 Å². The number of ether oxygens (including phenoxy) is 3. The Morgan fingerprint density at radius 3 is 2.37 bits per heavy atom. The number of esters is 1. The number of benzene rings is 2. The van der Waals surface area contributed by atoms with Gasteiger partial charge in [0.05, 0.1) is 19.3 Å². The van der Waals surface area contributed by atoms with Crippen molar-refractivity contribution in [2.75, 3.05) is 13.7 Å². The van der Waals surface area contributed by atoms with Crippen molar-refractivity contribution in [2.45, 2.75) is 37.4 Å². The van der Waals surface area contributed by atoms with Gasteiger partial charge < -0.3 is 44.2 Å². The number of hydrogen-bond acceptors (Lipinski definition) is 11. The van der Waals surface area contributed by atoms with E-state index in [0.717, 1.165) is 19.1 Å². The van der Waals surface area contributed by atoms with Crippen molar-refractivity contribution in [3.8, 4) is 28.6 Å². The van der Waals surface area contributed by atoms with Crippen LogP contribution in [0.15, 0.2) is 45.6 Å². The third-order valence-corrected chi connectivity index (χ3v) is 5.81.